The highest BCUT2D eigenvalue weighted by atomic mass is 32.1. The zero-order valence-corrected chi connectivity index (χ0v) is 16.3. The van der Waals surface area contributed by atoms with E-state index in [1.165, 1.54) is 5.56 Å². The molecule has 0 spiro atoms. The van der Waals surface area contributed by atoms with E-state index >= 15 is 0 Å². The van der Waals surface area contributed by atoms with Crippen LogP contribution in [0.15, 0.2) is 40.5 Å². The summed E-state index contributed by atoms with van der Waals surface area (Å²) in [5.74, 6) is -2.20. The fraction of sp³-hybridized carbons (Fsp3) is 0.235. The molecule has 0 atom stereocenters. The number of rotatable bonds is 5. The van der Waals surface area contributed by atoms with Crippen LogP contribution in [0.25, 0.3) is 10.6 Å². The van der Waals surface area contributed by atoms with Crippen molar-refractivity contribution in [2.45, 2.75) is 19.3 Å². The zero-order valence-electron chi connectivity index (χ0n) is 14.7. The van der Waals surface area contributed by atoms with Gasteiger partial charge in [0.25, 0.3) is 0 Å². The number of pyridine rings is 1. The van der Waals surface area contributed by atoms with Gasteiger partial charge in [-0.05, 0) is 30.1 Å². The maximum atomic E-state index is 10.6. The Balaban J connectivity index is 0.000000345. The fourth-order valence-electron chi connectivity index (χ4n) is 2.07. The second-order valence-electron chi connectivity index (χ2n) is 5.72. The van der Waals surface area contributed by atoms with Crippen molar-refractivity contribution in [1.29, 1.82) is 0 Å². The van der Waals surface area contributed by atoms with Gasteiger partial charge in [0.2, 0.25) is 0 Å². The molecular formula is C17H17F3N4O2S2. The number of hydrogen-bond donors (Lipinski definition) is 2. The number of aliphatic carboxylic acids is 1. The number of halogens is 3. The van der Waals surface area contributed by atoms with Gasteiger partial charge in [0.05, 0.1) is 5.69 Å². The number of carbonyl (C=O) groups is 1. The Hall–Kier alpha value is -2.50. The lowest BCUT2D eigenvalue weighted by molar-refractivity contribution is -0.192. The van der Waals surface area contributed by atoms with Crippen molar-refractivity contribution in [3.8, 4) is 10.6 Å². The third kappa shape index (κ3) is 6.91. The minimum absolute atomic E-state index is 0.557. The van der Waals surface area contributed by atoms with Crippen LogP contribution in [-0.2, 0) is 17.9 Å². The molecule has 3 aromatic rings. The minimum atomic E-state index is -5.08. The highest BCUT2D eigenvalue weighted by Crippen LogP contribution is 2.26. The summed E-state index contributed by atoms with van der Waals surface area (Å²) < 4.78 is 31.7. The van der Waals surface area contributed by atoms with E-state index in [4.69, 9.17) is 20.6 Å². The predicted octanol–water partition coefficient (Wildman–Crippen LogP) is 4.11. The molecule has 0 saturated heterocycles. The van der Waals surface area contributed by atoms with Crippen LogP contribution in [0.1, 0.15) is 11.3 Å². The van der Waals surface area contributed by atoms with Crippen molar-refractivity contribution >= 4 is 34.5 Å². The van der Waals surface area contributed by atoms with Crippen LogP contribution < -0.4 is 5.73 Å². The van der Waals surface area contributed by atoms with Crippen LogP contribution in [0.4, 0.5) is 19.0 Å². The Kier molecular flexibility index (Phi) is 7.49. The number of anilines is 1. The molecule has 3 heterocycles. The SMILES string of the molecule is CN(Cc1ccc(N)nc1)Cc1csc(-c2ccsc2)n1.O=C(O)C(F)(F)F. The summed E-state index contributed by atoms with van der Waals surface area (Å²) in [7, 11) is 2.08. The maximum absolute atomic E-state index is 10.6. The first-order valence-electron chi connectivity index (χ1n) is 7.81. The molecule has 11 heteroatoms. The van der Waals surface area contributed by atoms with Crippen LogP contribution in [0.2, 0.25) is 0 Å². The van der Waals surface area contributed by atoms with Gasteiger partial charge in [0.15, 0.2) is 0 Å². The second kappa shape index (κ2) is 9.62. The van der Waals surface area contributed by atoms with Crippen molar-refractivity contribution in [2.24, 2.45) is 0 Å². The average Bonchev–Trinajstić information content (AvgIpc) is 3.28. The van der Waals surface area contributed by atoms with E-state index in [0.717, 1.165) is 29.4 Å². The number of thiophene rings is 1. The van der Waals surface area contributed by atoms with E-state index in [1.807, 2.05) is 18.3 Å². The molecule has 6 nitrogen and oxygen atoms in total. The minimum Gasteiger partial charge on any atom is -0.475 e. The lowest BCUT2D eigenvalue weighted by atomic mass is 10.2. The molecule has 0 amide bonds. The fourth-order valence-corrected chi connectivity index (χ4v) is 3.59. The number of aromatic nitrogens is 2. The zero-order chi connectivity index (χ0) is 20.7. The van der Waals surface area contributed by atoms with Gasteiger partial charge in [-0.15, -0.1) is 11.3 Å². The van der Waals surface area contributed by atoms with Crippen molar-refractivity contribution in [3.63, 3.8) is 0 Å². The largest absolute Gasteiger partial charge is 0.490 e. The third-order valence-corrected chi connectivity index (χ3v) is 4.92. The number of alkyl halides is 3. The first-order chi connectivity index (χ1) is 13.1. The summed E-state index contributed by atoms with van der Waals surface area (Å²) in [5, 5.41) is 14.6. The van der Waals surface area contributed by atoms with Crippen molar-refractivity contribution < 1.29 is 23.1 Å². The molecule has 0 saturated carbocycles. The highest BCUT2D eigenvalue weighted by Gasteiger charge is 2.38. The average molecular weight is 430 g/mol. The molecule has 0 aromatic carbocycles. The van der Waals surface area contributed by atoms with Crippen molar-refractivity contribution in [3.05, 3.63) is 51.8 Å². The number of nitrogens with zero attached hydrogens (tertiary/aromatic N) is 3. The van der Waals surface area contributed by atoms with Gasteiger partial charge >= 0.3 is 12.1 Å². The smallest absolute Gasteiger partial charge is 0.475 e. The number of nitrogens with two attached hydrogens (primary N) is 1. The Morgan fingerprint density at radius 2 is 1.96 bits per heavy atom. The molecule has 0 aliphatic heterocycles. The van der Waals surface area contributed by atoms with Crippen LogP contribution in [0.5, 0.6) is 0 Å². The van der Waals surface area contributed by atoms with Crippen molar-refractivity contribution in [1.82, 2.24) is 14.9 Å². The molecule has 3 rings (SSSR count). The normalized spacial score (nSPS) is 11.2. The van der Waals surface area contributed by atoms with E-state index in [-0.39, 0.29) is 0 Å². The molecule has 0 bridgehead atoms. The molecular weight excluding hydrogens is 413 g/mol. The van der Waals surface area contributed by atoms with Gasteiger partial charge in [0.1, 0.15) is 10.8 Å². The van der Waals surface area contributed by atoms with Crippen LogP contribution in [-0.4, -0.2) is 39.2 Å². The molecule has 0 aliphatic rings. The predicted molar refractivity (Wildman–Crippen MR) is 103 cm³/mol. The van der Waals surface area contributed by atoms with Crippen LogP contribution in [0.3, 0.4) is 0 Å². The van der Waals surface area contributed by atoms with Gasteiger partial charge < -0.3 is 10.8 Å². The Labute approximate surface area is 167 Å². The van der Waals surface area contributed by atoms with Gasteiger partial charge in [-0.25, -0.2) is 14.8 Å². The molecule has 0 radical (unpaired) electrons. The van der Waals surface area contributed by atoms with E-state index < -0.39 is 12.1 Å². The molecule has 0 unspecified atom stereocenters. The summed E-state index contributed by atoms with van der Waals surface area (Å²) in [4.78, 5) is 19.9. The first-order valence-corrected chi connectivity index (χ1v) is 9.63. The van der Waals surface area contributed by atoms with E-state index in [2.05, 4.69) is 39.1 Å². The first kappa shape index (κ1) is 21.8. The van der Waals surface area contributed by atoms with Crippen LogP contribution in [0, 0.1) is 0 Å². The Bertz CT molecular complexity index is 881. The number of thiazole rings is 1. The number of hydrogen-bond acceptors (Lipinski definition) is 7. The summed E-state index contributed by atoms with van der Waals surface area (Å²) >= 11 is 3.40. The molecule has 3 aromatic heterocycles. The van der Waals surface area contributed by atoms with E-state index in [9.17, 15) is 13.2 Å². The summed E-state index contributed by atoms with van der Waals surface area (Å²) in [6.45, 7) is 1.66. The topological polar surface area (TPSA) is 92.3 Å². The highest BCUT2D eigenvalue weighted by molar-refractivity contribution is 7.14. The maximum Gasteiger partial charge on any atom is 0.490 e. The van der Waals surface area contributed by atoms with Crippen LogP contribution >= 0.6 is 22.7 Å². The molecule has 150 valence electrons. The second-order valence-corrected chi connectivity index (χ2v) is 7.36. The summed E-state index contributed by atoms with van der Waals surface area (Å²) in [5.41, 5.74) is 9.06. The standard InChI is InChI=1S/C15H16N4S2.C2HF3O2/c1-19(7-11-2-3-14(16)17-6-11)8-13-10-21-15(18-13)12-4-5-20-9-12;3-2(4,5)1(6)7/h2-6,9-10H,7-8H2,1H3,(H2,16,17);(H,6,7). The third-order valence-electron chi connectivity index (χ3n) is 3.29. The molecule has 3 N–H and O–H groups in total. The van der Waals surface area contributed by atoms with Gasteiger partial charge in [-0.1, -0.05) is 6.07 Å². The summed E-state index contributed by atoms with van der Waals surface area (Å²) in [6.07, 6.45) is -3.26. The molecule has 28 heavy (non-hydrogen) atoms. The van der Waals surface area contributed by atoms with Crippen molar-refractivity contribution in [2.75, 3.05) is 12.8 Å². The van der Waals surface area contributed by atoms with E-state index in [1.54, 1.807) is 22.7 Å². The van der Waals surface area contributed by atoms with Gasteiger partial charge in [-0.2, -0.15) is 24.5 Å². The number of carboxylic acid groups (broad SMARTS) is 1. The Morgan fingerprint density at radius 1 is 1.25 bits per heavy atom. The quantitative estimate of drug-likeness (QED) is 0.633. The lowest BCUT2D eigenvalue weighted by Crippen LogP contribution is -2.21. The van der Waals surface area contributed by atoms with E-state index in [0.29, 0.717) is 5.82 Å². The molecule has 0 aliphatic carbocycles. The van der Waals surface area contributed by atoms with Gasteiger partial charge in [-0.3, -0.25) is 4.90 Å². The number of carboxylic acids is 1. The monoisotopic (exact) mass is 430 g/mol. The summed E-state index contributed by atoms with van der Waals surface area (Å²) in [6, 6.07) is 5.95. The van der Waals surface area contributed by atoms with Gasteiger partial charge in [0, 0.05) is 35.6 Å². The number of nitrogen functional groups attached to an aromatic ring is 1. The molecule has 0 fully saturated rings. The lowest BCUT2D eigenvalue weighted by Gasteiger charge is -2.15. The Morgan fingerprint density at radius 3 is 2.50 bits per heavy atom.